The van der Waals surface area contributed by atoms with Crippen LogP contribution in [0.2, 0.25) is 0 Å². The molecule has 0 atom stereocenters. The third kappa shape index (κ3) is 4.43. The largest absolute Gasteiger partial charge is 0.497 e. The molecule has 0 unspecified atom stereocenters. The molecule has 6 nitrogen and oxygen atoms in total. The highest BCUT2D eigenvalue weighted by atomic mass is 19.4. The minimum Gasteiger partial charge on any atom is -0.497 e. The van der Waals surface area contributed by atoms with Gasteiger partial charge in [0.1, 0.15) is 5.75 Å². The van der Waals surface area contributed by atoms with Crippen LogP contribution in [0.3, 0.4) is 0 Å². The van der Waals surface area contributed by atoms with Crippen molar-refractivity contribution < 1.29 is 27.1 Å². The van der Waals surface area contributed by atoms with E-state index in [2.05, 4.69) is 15.5 Å². The summed E-state index contributed by atoms with van der Waals surface area (Å²) in [5, 5.41) is 10.3. The second-order valence-electron chi connectivity index (χ2n) is 5.49. The molecule has 9 heteroatoms. The number of nitrogens with zero attached hydrogens (tertiary/aromatic N) is 2. The van der Waals surface area contributed by atoms with E-state index in [-0.39, 0.29) is 23.9 Å². The lowest BCUT2D eigenvalue weighted by molar-refractivity contribution is -0.137. The summed E-state index contributed by atoms with van der Waals surface area (Å²) >= 11 is 0. The maximum Gasteiger partial charge on any atom is 0.416 e. The third-order valence-corrected chi connectivity index (χ3v) is 3.66. The van der Waals surface area contributed by atoms with Crippen LogP contribution in [-0.4, -0.2) is 23.2 Å². The summed E-state index contributed by atoms with van der Waals surface area (Å²) in [5.41, 5.74) is -0.0726. The smallest absolute Gasteiger partial charge is 0.416 e. The first kappa shape index (κ1) is 18.4. The van der Waals surface area contributed by atoms with Crippen LogP contribution in [0.1, 0.15) is 21.8 Å². The summed E-state index contributed by atoms with van der Waals surface area (Å²) in [7, 11) is 1.54. The maximum absolute atomic E-state index is 12.5. The molecule has 0 radical (unpaired) electrons. The van der Waals surface area contributed by atoms with Gasteiger partial charge in [-0.05, 0) is 42.5 Å². The number of nitrogens with one attached hydrogen (secondary N) is 1. The van der Waals surface area contributed by atoms with Gasteiger partial charge < -0.3 is 14.5 Å². The average molecular weight is 377 g/mol. The molecular formula is C18H14F3N3O3. The molecular weight excluding hydrogens is 363 g/mol. The SMILES string of the molecule is COc1cccc(-c2nnc(CNC(=O)c3ccc(C(F)(F)F)cc3)o2)c1. The Kier molecular flexibility index (Phi) is 5.11. The van der Waals surface area contributed by atoms with Gasteiger partial charge in [0, 0.05) is 11.1 Å². The van der Waals surface area contributed by atoms with Crippen molar-refractivity contribution in [1.82, 2.24) is 15.5 Å². The summed E-state index contributed by atoms with van der Waals surface area (Å²) in [6.45, 7) is -0.0587. The average Bonchev–Trinajstić information content (AvgIpc) is 3.14. The first-order valence-electron chi connectivity index (χ1n) is 7.79. The van der Waals surface area contributed by atoms with Gasteiger partial charge in [-0.15, -0.1) is 10.2 Å². The quantitative estimate of drug-likeness (QED) is 0.734. The topological polar surface area (TPSA) is 77.3 Å². The lowest BCUT2D eigenvalue weighted by Gasteiger charge is -2.07. The van der Waals surface area contributed by atoms with Crippen LogP contribution in [0.5, 0.6) is 5.75 Å². The van der Waals surface area contributed by atoms with Crippen LogP contribution >= 0.6 is 0 Å². The van der Waals surface area contributed by atoms with E-state index in [9.17, 15) is 18.0 Å². The standard InChI is InChI=1S/C18H14F3N3O3/c1-26-14-4-2-3-12(9-14)17-24-23-15(27-17)10-22-16(25)11-5-7-13(8-6-11)18(19,20)21/h2-9H,10H2,1H3,(H,22,25). The Bertz CT molecular complexity index is 937. The molecule has 2 aromatic carbocycles. The van der Waals surface area contributed by atoms with Crippen LogP contribution in [0.15, 0.2) is 52.9 Å². The molecule has 1 heterocycles. The van der Waals surface area contributed by atoms with Gasteiger partial charge in [0.15, 0.2) is 0 Å². The number of carbonyl (C=O) groups is 1. The van der Waals surface area contributed by atoms with E-state index in [1.165, 1.54) is 7.11 Å². The van der Waals surface area contributed by atoms with Crippen molar-refractivity contribution in [3.8, 4) is 17.2 Å². The van der Waals surface area contributed by atoms with Gasteiger partial charge in [-0.3, -0.25) is 4.79 Å². The molecule has 1 aromatic heterocycles. The van der Waals surface area contributed by atoms with E-state index < -0.39 is 17.6 Å². The summed E-state index contributed by atoms with van der Waals surface area (Å²) in [6.07, 6.45) is -4.45. The lowest BCUT2D eigenvalue weighted by Crippen LogP contribution is -2.23. The minimum absolute atomic E-state index is 0.0587. The van der Waals surface area contributed by atoms with Gasteiger partial charge in [-0.1, -0.05) is 6.07 Å². The van der Waals surface area contributed by atoms with Crippen molar-refractivity contribution in [2.45, 2.75) is 12.7 Å². The van der Waals surface area contributed by atoms with E-state index in [1.54, 1.807) is 24.3 Å². The number of benzene rings is 2. The van der Waals surface area contributed by atoms with Crippen LogP contribution < -0.4 is 10.1 Å². The molecule has 0 saturated carbocycles. The Labute approximate surface area is 152 Å². The fourth-order valence-electron chi connectivity index (χ4n) is 2.27. The number of hydrogen-bond acceptors (Lipinski definition) is 5. The summed E-state index contributed by atoms with van der Waals surface area (Å²) < 4.78 is 48.2. The number of aromatic nitrogens is 2. The Balaban J connectivity index is 1.63. The summed E-state index contributed by atoms with van der Waals surface area (Å²) in [6, 6.07) is 10.9. The van der Waals surface area contributed by atoms with Crippen molar-refractivity contribution in [2.75, 3.05) is 7.11 Å². The lowest BCUT2D eigenvalue weighted by atomic mass is 10.1. The number of amides is 1. The van der Waals surface area contributed by atoms with Crippen LogP contribution in [0.25, 0.3) is 11.5 Å². The molecule has 0 fully saturated rings. The molecule has 0 spiro atoms. The van der Waals surface area contributed by atoms with Crippen molar-refractivity contribution >= 4 is 5.91 Å². The van der Waals surface area contributed by atoms with Gasteiger partial charge in [-0.25, -0.2) is 0 Å². The molecule has 0 saturated heterocycles. The van der Waals surface area contributed by atoms with E-state index in [0.717, 1.165) is 24.3 Å². The number of hydrogen-bond donors (Lipinski definition) is 1. The predicted molar refractivity (Wildman–Crippen MR) is 88.9 cm³/mol. The van der Waals surface area contributed by atoms with Crippen molar-refractivity contribution in [3.05, 3.63) is 65.5 Å². The minimum atomic E-state index is -4.45. The molecule has 0 aliphatic heterocycles. The molecule has 0 aliphatic carbocycles. The number of alkyl halides is 3. The zero-order valence-electron chi connectivity index (χ0n) is 14.1. The first-order valence-corrected chi connectivity index (χ1v) is 7.79. The molecule has 27 heavy (non-hydrogen) atoms. The van der Waals surface area contributed by atoms with Gasteiger partial charge >= 0.3 is 6.18 Å². The molecule has 3 aromatic rings. The van der Waals surface area contributed by atoms with Gasteiger partial charge in [0.2, 0.25) is 11.8 Å². The monoisotopic (exact) mass is 377 g/mol. The molecule has 1 N–H and O–H groups in total. The highest BCUT2D eigenvalue weighted by Gasteiger charge is 2.30. The number of ether oxygens (including phenoxy) is 1. The maximum atomic E-state index is 12.5. The van der Waals surface area contributed by atoms with Gasteiger partial charge in [0.05, 0.1) is 19.2 Å². The first-order chi connectivity index (χ1) is 12.9. The Morgan fingerprint density at radius 3 is 2.56 bits per heavy atom. The summed E-state index contributed by atoms with van der Waals surface area (Å²) in [5.74, 6) is 0.494. The highest BCUT2D eigenvalue weighted by Crippen LogP contribution is 2.29. The fourth-order valence-corrected chi connectivity index (χ4v) is 2.27. The van der Waals surface area contributed by atoms with Crippen LogP contribution in [0, 0.1) is 0 Å². The zero-order valence-corrected chi connectivity index (χ0v) is 14.1. The number of methoxy groups -OCH3 is 1. The summed E-state index contributed by atoms with van der Waals surface area (Å²) in [4.78, 5) is 12.0. The fraction of sp³-hybridized carbons (Fsp3) is 0.167. The van der Waals surface area contributed by atoms with Crippen molar-refractivity contribution in [3.63, 3.8) is 0 Å². The third-order valence-electron chi connectivity index (χ3n) is 3.66. The van der Waals surface area contributed by atoms with E-state index in [4.69, 9.17) is 9.15 Å². The number of carbonyl (C=O) groups excluding carboxylic acids is 1. The Morgan fingerprint density at radius 1 is 1.15 bits per heavy atom. The molecule has 140 valence electrons. The number of rotatable bonds is 5. The van der Waals surface area contributed by atoms with Crippen molar-refractivity contribution in [1.29, 1.82) is 0 Å². The second-order valence-corrected chi connectivity index (χ2v) is 5.49. The van der Waals surface area contributed by atoms with Crippen LogP contribution in [0.4, 0.5) is 13.2 Å². The number of halogens is 3. The van der Waals surface area contributed by atoms with E-state index in [1.807, 2.05) is 0 Å². The zero-order chi connectivity index (χ0) is 19.4. The van der Waals surface area contributed by atoms with Gasteiger partial charge in [0.25, 0.3) is 5.91 Å². The molecule has 0 bridgehead atoms. The second kappa shape index (κ2) is 7.48. The Morgan fingerprint density at radius 2 is 1.89 bits per heavy atom. The Hall–Kier alpha value is -3.36. The molecule has 3 rings (SSSR count). The van der Waals surface area contributed by atoms with E-state index >= 15 is 0 Å². The normalized spacial score (nSPS) is 11.3. The highest BCUT2D eigenvalue weighted by molar-refractivity contribution is 5.94. The predicted octanol–water partition coefficient (Wildman–Crippen LogP) is 3.69. The van der Waals surface area contributed by atoms with Crippen LogP contribution in [-0.2, 0) is 12.7 Å². The molecule has 1 amide bonds. The van der Waals surface area contributed by atoms with Crippen molar-refractivity contribution in [2.24, 2.45) is 0 Å². The van der Waals surface area contributed by atoms with Gasteiger partial charge in [-0.2, -0.15) is 13.2 Å². The molecule has 0 aliphatic rings. The van der Waals surface area contributed by atoms with E-state index in [0.29, 0.717) is 11.3 Å².